The zero-order chi connectivity index (χ0) is 16.8. The summed E-state index contributed by atoms with van der Waals surface area (Å²) in [6.45, 7) is 6.73. The normalized spacial score (nSPS) is 13.1. The Bertz CT molecular complexity index is 954. The maximum absolute atomic E-state index is 5.98. The number of benzene rings is 1. The molecule has 4 nitrogen and oxygen atoms in total. The van der Waals surface area contributed by atoms with Gasteiger partial charge >= 0.3 is 0 Å². The number of anilines is 1. The average Bonchev–Trinajstić information content (AvgIpc) is 3.01. The molecular formula is C18H16ClN3OS. The fraction of sp³-hybridized carbons (Fsp3) is 0.222. The van der Waals surface area contributed by atoms with Crippen molar-refractivity contribution in [1.82, 2.24) is 5.16 Å². The standard InChI is InChI=1S/C18H16ClN3OS/c1-9-11(3)24-17-15(9)18(21-13-6-4-12(19)5-7-13)20-8-14-16(17)10(2)22-23-14/h4-7H,8H2,1-3H3,(H,20,21). The van der Waals surface area contributed by atoms with E-state index in [2.05, 4.69) is 24.3 Å². The molecule has 0 radical (unpaired) electrons. The van der Waals surface area contributed by atoms with E-state index < -0.39 is 0 Å². The van der Waals surface area contributed by atoms with E-state index in [1.54, 1.807) is 11.3 Å². The first-order chi connectivity index (χ1) is 11.5. The molecule has 0 bridgehead atoms. The van der Waals surface area contributed by atoms with Gasteiger partial charge in [-0.15, -0.1) is 11.3 Å². The second kappa shape index (κ2) is 5.76. The molecule has 0 amide bonds. The Morgan fingerprint density at radius 3 is 2.62 bits per heavy atom. The summed E-state index contributed by atoms with van der Waals surface area (Å²) in [5, 5.41) is 8.28. The molecule has 3 aromatic rings. The van der Waals surface area contributed by atoms with Gasteiger partial charge in [0.15, 0.2) is 5.76 Å². The van der Waals surface area contributed by atoms with Crippen LogP contribution in [0, 0.1) is 20.8 Å². The monoisotopic (exact) mass is 357 g/mol. The van der Waals surface area contributed by atoms with Gasteiger partial charge in [-0.2, -0.15) is 0 Å². The molecule has 0 saturated heterocycles. The second-order valence-electron chi connectivity index (χ2n) is 5.85. The molecule has 0 unspecified atom stereocenters. The van der Waals surface area contributed by atoms with Gasteiger partial charge in [0.05, 0.1) is 16.1 Å². The molecule has 0 spiro atoms. The molecule has 1 aliphatic heterocycles. The molecule has 24 heavy (non-hydrogen) atoms. The number of nitrogens with zero attached hydrogens (tertiary/aromatic N) is 2. The van der Waals surface area contributed by atoms with E-state index >= 15 is 0 Å². The SMILES string of the molecule is Cc1noc2c1-c1sc(C)c(C)c1C(Nc1ccc(Cl)cc1)=NC2. The lowest BCUT2D eigenvalue weighted by Crippen LogP contribution is -2.14. The number of thiophene rings is 1. The minimum atomic E-state index is 0.478. The topological polar surface area (TPSA) is 50.4 Å². The van der Waals surface area contributed by atoms with Crippen LogP contribution in [0.1, 0.15) is 27.5 Å². The van der Waals surface area contributed by atoms with Gasteiger partial charge in [0.2, 0.25) is 0 Å². The highest BCUT2D eigenvalue weighted by Crippen LogP contribution is 2.41. The first-order valence-corrected chi connectivity index (χ1v) is 8.87. The van der Waals surface area contributed by atoms with Crippen molar-refractivity contribution >= 4 is 34.5 Å². The van der Waals surface area contributed by atoms with Crippen LogP contribution < -0.4 is 5.32 Å². The fourth-order valence-electron chi connectivity index (χ4n) is 2.91. The van der Waals surface area contributed by atoms with Crippen LogP contribution in [0.5, 0.6) is 0 Å². The van der Waals surface area contributed by atoms with Crippen molar-refractivity contribution in [2.45, 2.75) is 27.3 Å². The zero-order valence-corrected chi connectivity index (χ0v) is 15.2. The number of fused-ring (bicyclic) bond motifs is 3. The van der Waals surface area contributed by atoms with Crippen molar-refractivity contribution in [3.8, 4) is 10.4 Å². The van der Waals surface area contributed by atoms with Gasteiger partial charge in [-0.3, -0.25) is 4.99 Å². The highest BCUT2D eigenvalue weighted by Gasteiger charge is 2.27. The third kappa shape index (κ3) is 2.44. The van der Waals surface area contributed by atoms with Gasteiger partial charge in [0.1, 0.15) is 12.4 Å². The third-order valence-electron chi connectivity index (χ3n) is 4.27. The lowest BCUT2D eigenvalue weighted by molar-refractivity contribution is 0.382. The molecule has 0 saturated carbocycles. The maximum atomic E-state index is 5.98. The smallest absolute Gasteiger partial charge is 0.167 e. The summed E-state index contributed by atoms with van der Waals surface area (Å²) >= 11 is 7.74. The van der Waals surface area contributed by atoms with Crippen molar-refractivity contribution in [1.29, 1.82) is 0 Å². The Morgan fingerprint density at radius 1 is 1.12 bits per heavy atom. The maximum Gasteiger partial charge on any atom is 0.167 e. The van der Waals surface area contributed by atoms with Crippen LogP contribution in [0.3, 0.4) is 0 Å². The number of aliphatic imine (C=N–C) groups is 1. The van der Waals surface area contributed by atoms with Gasteiger partial charge in [-0.1, -0.05) is 16.8 Å². The van der Waals surface area contributed by atoms with Gasteiger partial charge in [0, 0.05) is 21.2 Å². The Morgan fingerprint density at radius 2 is 1.88 bits per heavy atom. The lowest BCUT2D eigenvalue weighted by atomic mass is 10.0. The Labute approximate surface area is 149 Å². The van der Waals surface area contributed by atoms with Crippen molar-refractivity contribution in [2.75, 3.05) is 5.32 Å². The first-order valence-electron chi connectivity index (χ1n) is 7.67. The number of amidine groups is 1. The summed E-state index contributed by atoms with van der Waals surface area (Å²) < 4.78 is 5.49. The summed E-state index contributed by atoms with van der Waals surface area (Å²) in [5.41, 5.74) is 5.33. The molecule has 1 aromatic carbocycles. The molecule has 122 valence electrons. The van der Waals surface area contributed by atoms with E-state index in [1.165, 1.54) is 15.3 Å². The highest BCUT2D eigenvalue weighted by atomic mass is 35.5. The summed E-state index contributed by atoms with van der Waals surface area (Å²) in [6, 6.07) is 7.64. The minimum absolute atomic E-state index is 0.478. The number of hydrogen-bond donors (Lipinski definition) is 1. The predicted octanol–water partition coefficient (Wildman–Crippen LogP) is 5.35. The molecule has 0 atom stereocenters. The highest BCUT2D eigenvalue weighted by molar-refractivity contribution is 7.16. The van der Waals surface area contributed by atoms with Gasteiger partial charge in [0.25, 0.3) is 0 Å². The summed E-state index contributed by atoms with van der Waals surface area (Å²) in [5.74, 6) is 1.68. The molecule has 3 heterocycles. The van der Waals surface area contributed by atoms with Crippen LogP contribution in [0.15, 0.2) is 33.8 Å². The summed E-state index contributed by atoms with van der Waals surface area (Å²) in [4.78, 5) is 7.21. The van der Waals surface area contributed by atoms with Crippen LogP contribution >= 0.6 is 22.9 Å². The number of rotatable bonds is 1. The summed E-state index contributed by atoms with van der Waals surface area (Å²) in [6.07, 6.45) is 0. The zero-order valence-electron chi connectivity index (χ0n) is 13.6. The number of aromatic nitrogens is 1. The first kappa shape index (κ1) is 15.4. The van der Waals surface area contributed by atoms with E-state index in [0.29, 0.717) is 11.6 Å². The fourth-order valence-corrected chi connectivity index (χ4v) is 4.31. The molecule has 0 fully saturated rings. The quantitative estimate of drug-likeness (QED) is 0.638. The van der Waals surface area contributed by atoms with Gasteiger partial charge in [-0.05, 0) is 50.6 Å². The lowest BCUT2D eigenvalue weighted by Gasteiger charge is -2.11. The van der Waals surface area contributed by atoms with Crippen LogP contribution in [0.2, 0.25) is 5.02 Å². The molecule has 1 N–H and O–H groups in total. The average molecular weight is 358 g/mol. The molecule has 1 aliphatic rings. The van der Waals surface area contributed by atoms with E-state index in [4.69, 9.17) is 21.1 Å². The van der Waals surface area contributed by atoms with Crippen molar-refractivity contribution in [3.05, 3.63) is 56.7 Å². The molecule has 0 aliphatic carbocycles. The van der Waals surface area contributed by atoms with Crippen molar-refractivity contribution in [2.24, 2.45) is 4.99 Å². The van der Waals surface area contributed by atoms with Crippen LogP contribution in [-0.4, -0.2) is 11.0 Å². The molecule has 4 rings (SSSR count). The predicted molar refractivity (Wildman–Crippen MR) is 99.3 cm³/mol. The number of halogens is 1. The van der Waals surface area contributed by atoms with Crippen molar-refractivity contribution in [3.63, 3.8) is 0 Å². The Balaban J connectivity index is 1.85. The van der Waals surface area contributed by atoms with E-state index in [0.717, 1.165) is 34.1 Å². The molecule has 2 aromatic heterocycles. The van der Waals surface area contributed by atoms with Crippen LogP contribution in [-0.2, 0) is 6.54 Å². The van der Waals surface area contributed by atoms with Gasteiger partial charge in [-0.25, -0.2) is 0 Å². The Hall–Kier alpha value is -2.11. The summed E-state index contributed by atoms with van der Waals surface area (Å²) in [7, 11) is 0. The molecular weight excluding hydrogens is 342 g/mol. The van der Waals surface area contributed by atoms with E-state index in [1.807, 2.05) is 31.2 Å². The minimum Gasteiger partial charge on any atom is -0.358 e. The number of nitrogens with one attached hydrogen (secondary N) is 1. The largest absolute Gasteiger partial charge is 0.358 e. The van der Waals surface area contributed by atoms with Crippen LogP contribution in [0.25, 0.3) is 10.4 Å². The van der Waals surface area contributed by atoms with Crippen LogP contribution in [0.4, 0.5) is 5.69 Å². The Kier molecular flexibility index (Phi) is 3.70. The van der Waals surface area contributed by atoms with Crippen molar-refractivity contribution < 1.29 is 4.52 Å². The number of aryl methyl sites for hydroxylation is 2. The second-order valence-corrected chi connectivity index (χ2v) is 7.51. The molecule has 6 heteroatoms. The van der Waals surface area contributed by atoms with Gasteiger partial charge < -0.3 is 9.84 Å². The third-order valence-corrected chi connectivity index (χ3v) is 5.75. The van der Waals surface area contributed by atoms with E-state index in [-0.39, 0.29) is 0 Å². The van der Waals surface area contributed by atoms with E-state index in [9.17, 15) is 0 Å². The number of hydrogen-bond acceptors (Lipinski definition) is 5.